The Labute approximate surface area is 221 Å². The van der Waals surface area contributed by atoms with Crippen LogP contribution >= 0.6 is 11.3 Å². The molecule has 1 aliphatic heterocycles. The lowest BCUT2D eigenvalue weighted by Crippen LogP contribution is -2.29. The van der Waals surface area contributed by atoms with Crippen molar-refractivity contribution in [2.75, 3.05) is 18.9 Å². The zero-order chi connectivity index (χ0) is 26.2. The Balaban J connectivity index is 1.24. The minimum absolute atomic E-state index is 0.101. The van der Waals surface area contributed by atoms with Crippen LogP contribution in [0.5, 0.6) is 17.2 Å². The second-order valence-electron chi connectivity index (χ2n) is 9.27. The number of anilines is 1. The van der Waals surface area contributed by atoms with Gasteiger partial charge in [-0.3, -0.25) is 14.9 Å². The molecule has 11 nitrogen and oxygen atoms in total. The summed E-state index contributed by atoms with van der Waals surface area (Å²) in [5, 5.41) is 20.3. The molecular formula is C26H24N6O5S. The van der Waals surface area contributed by atoms with Crippen LogP contribution < -0.4 is 14.8 Å². The van der Waals surface area contributed by atoms with Crippen LogP contribution in [0.1, 0.15) is 46.4 Å². The number of rotatable bonds is 8. The summed E-state index contributed by atoms with van der Waals surface area (Å²) in [6.07, 6.45) is 2.15. The van der Waals surface area contributed by atoms with Gasteiger partial charge in [-0.2, -0.15) is 0 Å². The van der Waals surface area contributed by atoms with E-state index >= 15 is 0 Å². The fourth-order valence-corrected chi connectivity index (χ4v) is 4.97. The highest BCUT2D eigenvalue weighted by atomic mass is 32.1. The van der Waals surface area contributed by atoms with Crippen LogP contribution in [-0.2, 0) is 4.79 Å². The molecule has 3 heterocycles. The molecule has 38 heavy (non-hydrogen) atoms. The summed E-state index contributed by atoms with van der Waals surface area (Å²) in [5.41, 5.74) is 1.05. The minimum Gasteiger partial charge on any atom is -0.480 e. The van der Waals surface area contributed by atoms with E-state index < -0.39 is 6.10 Å². The van der Waals surface area contributed by atoms with Gasteiger partial charge in [-0.15, -0.1) is 20.4 Å². The van der Waals surface area contributed by atoms with Crippen molar-refractivity contribution >= 4 is 28.3 Å². The highest BCUT2D eigenvalue weighted by Gasteiger charge is 2.31. The number of aryl methyl sites for hydroxylation is 1. The first-order chi connectivity index (χ1) is 18.4. The Hall–Kier alpha value is -4.32. The number of carbonyl (C=O) groups excluding carboxylic acids is 2. The molecule has 2 aromatic carbocycles. The van der Waals surface area contributed by atoms with Crippen molar-refractivity contribution in [2.24, 2.45) is 0 Å². The standard InChI is InChI=1S/C26H24N6O5S/c1-14-28-29-23(35-14)15-5-7-18(8-6-15)36-19-11-17(12-20(13-19)37-21-9-10-32(2)25(21)34)22(33)27-26-31-30-24(38-26)16-3-4-16/h5-8,11-13,16,21H,3-4,9-10H2,1-2H3,(H,27,31,33)/t21-/m1/s1. The highest BCUT2D eigenvalue weighted by Crippen LogP contribution is 2.42. The molecule has 2 fully saturated rings. The van der Waals surface area contributed by atoms with Crippen molar-refractivity contribution < 1.29 is 23.5 Å². The molecule has 0 unspecified atom stereocenters. The molecule has 194 valence electrons. The van der Waals surface area contributed by atoms with Gasteiger partial charge in [0.15, 0.2) is 6.10 Å². The van der Waals surface area contributed by atoms with Crippen molar-refractivity contribution in [1.29, 1.82) is 0 Å². The molecule has 2 aliphatic rings. The van der Waals surface area contributed by atoms with Crippen molar-refractivity contribution in [2.45, 2.75) is 38.2 Å². The molecule has 2 amide bonds. The fourth-order valence-electron chi connectivity index (χ4n) is 4.06. The van der Waals surface area contributed by atoms with Gasteiger partial charge in [0.25, 0.3) is 11.8 Å². The maximum Gasteiger partial charge on any atom is 0.263 e. The lowest BCUT2D eigenvalue weighted by molar-refractivity contribution is -0.132. The van der Waals surface area contributed by atoms with Gasteiger partial charge in [0, 0.05) is 50.0 Å². The van der Waals surface area contributed by atoms with E-state index in [1.165, 1.54) is 11.3 Å². The molecule has 0 radical (unpaired) electrons. The number of nitrogens with one attached hydrogen (secondary N) is 1. The predicted molar refractivity (Wildman–Crippen MR) is 137 cm³/mol. The van der Waals surface area contributed by atoms with E-state index in [0.717, 1.165) is 23.4 Å². The van der Waals surface area contributed by atoms with Crippen LogP contribution in [0.15, 0.2) is 46.9 Å². The van der Waals surface area contributed by atoms with E-state index in [4.69, 9.17) is 13.9 Å². The Kier molecular flexibility index (Phi) is 6.24. The van der Waals surface area contributed by atoms with Gasteiger partial charge in [-0.05, 0) is 49.2 Å². The molecule has 6 rings (SSSR count). The second-order valence-corrected chi connectivity index (χ2v) is 10.3. The first-order valence-corrected chi connectivity index (χ1v) is 13.0. The van der Waals surface area contributed by atoms with Crippen molar-refractivity contribution in [1.82, 2.24) is 25.3 Å². The highest BCUT2D eigenvalue weighted by molar-refractivity contribution is 7.15. The normalized spacial score (nSPS) is 17.1. The molecule has 2 aromatic heterocycles. The van der Waals surface area contributed by atoms with E-state index in [0.29, 0.717) is 58.6 Å². The maximum atomic E-state index is 13.1. The maximum absolute atomic E-state index is 13.1. The van der Waals surface area contributed by atoms with E-state index in [9.17, 15) is 9.59 Å². The van der Waals surface area contributed by atoms with Gasteiger partial charge in [-0.25, -0.2) is 0 Å². The molecule has 1 saturated heterocycles. The SMILES string of the molecule is Cc1nnc(-c2ccc(Oc3cc(O[C@@H]4CCN(C)C4=O)cc(C(=O)Nc4nnc(C5CC5)s4)c3)cc2)o1. The van der Waals surface area contributed by atoms with Gasteiger partial charge >= 0.3 is 0 Å². The largest absolute Gasteiger partial charge is 0.480 e. The fraction of sp³-hybridized carbons (Fsp3) is 0.308. The van der Waals surface area contributed by atoms with Gasteiger partial charge in [-0.1, -0.05) is 11.3 Å². The minimum atomic E-state index is -0.618. The summed E-state index contributed by atoms with van der Waals surface area (Å²) in [6.45, 7) is 2.34. The molecule has 0 spiro atoms. The van der Waals surface area contributed by atoms with E-state index in [2.05, 4.69) is 25.7 Å². The number of benzene rings is 2. The average molecular weight is 533 g/mol. The third-order valence-electron chi connectivity index (χ3n) is 6.25. The molecule has 1 saturated carbocycles. The van der Waals surface area contributed by atoms with Crippen molar-refractivity contribution in [3.05, 3.63) is 58.9 Å². The molecule has 0 bridgehead atoms. The molecule has 1 aliphatic carbocycles. The number of likely N-dealkylation sites (N-methyl/N-ethyl adjacent to an activating group) is 1. The molecule has 4 aromatic rings. The lowest BCUT2D eigenvalue weighted by atomic mass is 10.1. The van der Waals surface area contributed by atoms with E-state index in [1.807, 2.05) is 0 Å². The number of ether oxygens (including phenoxy) is 2. The first-order valence-electron chi connectivity index (χ1n) is 12.2. The van der Waals surface area contributed by atoms with Crippen molar-refractivity contribution in [3.8, 4) is 28.7 Å². The zero-order valence-electron chi connectivity index (χ0n) is 20.7. The average Bonchev–Trinajstić information content (AvgIpc) is 3.37. The first kappa shape index (κ1) is 24.0. The quantitative estimate of drug-likeness (QED) is 0.350. The van der Waals surface area contributed by atoms with Crippen LogP contribution in [0.25, 0.3) is 11.5 Å². The third kappa shape index (κ3) is 5.21. The monoisotopic (exact) mass is 532 g/mol. The Morgan fingerprint density at radius 1 is 1.03 bits per heavy atom. The molecular weight excluding hydrogens is 508 g/mol. The van der Waals surface area contributed by atoms with E-state index in [-0.39, 0.29) is 11.8 Å². The number of hydrogen-bond donors (Lipinski definition) is 1. The number of carbonyl (C=O) groups is 2. The summed E-state index contributed by atoms with van der Waals surface area (Å²) in [6, 6.07) is 12.0. The van der Waals surface area contributed by atoms with Crippen LogP contribution in [0.2, 0.25) is 0 Å². The number of nitrogens with zero attached hydrogens (tertiary/aromatic N) is 5. The van der Waals surface area contributed by atoms with Crippen LogP contribution in [0.3, 0.4) is 0 Å². The number of likely N-dealkylation sites (tertiary alicyclic amines) is 1. The summed E-state index contributed by atoms with van der Waals surface area (Å²) in [4.78, 5) is 27.2. The van der Waals surface area contributed by atoms with Gasteiger partial charge < -0.3 is 18.8 Å². The topological polar surface area (TPSA) is 133 Å². The van der Waals surface area contributed by atoms with Gasteiger partial charge in [0.05, 0.1) is 0 Å². The third-order valence-corrected chi connectivity index (χ3v) is 7.25. The smallest absolute Gasteiger partial charge is 0.263 e. The number of amides is 2. The predicted octanol–water partition coefficient (Wildman–Crippen LogP) is 4.43. The van der Waals surface area contributed by atoms with Gasteiger partial charge in [0.1, 0.15) is 22.3 Å². The number of hydrogen-bond acceptors (Lipinski definition) is 10. The lowest BCUT2D eigenvalue weighted by Gasteiger charge is -2.15. The summed E-state index contributed by atoms with van der Waals surface area (Å²) in [5.74, 6) is 2.13. The van der Waals surface area contributed by atoms with Crippen LogP contribution in [-0.4, -0.2) is 56.8 Å². The van der Waals surface area contributed by atoms with Crippen LogP contribution in [0, 0.1) is 6.92 Å². The van der Waals surface area contributed by atoms with Crippen LogP contribution in [0.4, 0.5) is 5.13 Å². The molecule has 1 N–H and O–H groups in total. The van der Waals surface area contributed by atoms with E-state index in [1.54, 1.807) is 61.3 Å². The second kappa shape index (κ2) is 9.86. The summed E-state index contributed by atoms with van der Waals surface area (Å²) < 4.78 is 17.5. The Morgan fingerprint density at radius 2 is 1.82 bits per heavy atom. The number of aromatic nitrogens is 4. The van der Waals surface area contributed by atoms with Gasteiger partial charge in [0.2, 0.25) is 16.9 Å². The Bertz CT molecular complexity index is 1500. The summed E-state index contributed by atoms with van der Waals surface area (Å²) >= 11 is 1.38. The van der Waals surface area contributed by atoms with Crippen molar-refractivity contribution in [3.63, 3.8) is 0 Å². The zero-order valence-corrected chi connectivity index (χ0v) is 21.5. The molecule has 12 heteroatoms. The summed E-state index contributed by atoms with van der Waals surface area (Å²) in [7, 11) is 1.74. The molecule has 1 atom stereocenters. The Morgan fingerprint density at radius 3 is 2.50 bits per heavy atom.